The molecular weight excluding hydrogens is 156 g/mol. The number of carbonyl (C=O) groups excluding carboxylic acids is 2. The molecule has 2 aliphatic carbocycles. The fraction of sp³-hybridized carbons (Fsp3) is 0.778. The first kappa shape index (κ1) is 7.77. The van der Waals surface area contributed by atoms with Gasteiger partial charge in [0.15, 0.2) is 0 Å². The number of fused-ring (bicyclic) bond motifs is 1. The lowest BCUT2D eigenvalue weighted by atomic mass is 9.73. The van der Waals surface area contributed by atoms with Crippen LogP contribution in [-0.2, 0) is 14.3 Å². The predicted molar refractivity (Wildman–Crippen MR) is 41.4 cm³/mol. The van der Waals surface area contributed by atoms with E-state index in [1.54, 1.807) is 0 Å². The van der Waals surface area contributed by atoms with E-state index in [4.69, 9.17) is 4.74 Å². The second kappa shape index (κ2) is 2.57. The summed E-state index contributed by atoms with van der Waals surface area (Å²) in [5, 5.41) is 0. The quantitative estimate of drug-likeness (QED) is 0.547. The SMILES string of the molecule is CC(=O)OC1CC2C(=O)CCC12. The van der Waals surface area contributed by atoms with Crippen LogP contribution in [0.1, 0.15) is 26.2 Å². The first-order valence-corrected chi connectivity index (χ1v) is 4.38. The van der Waals surface area contributed by atoms with Crippen molar-refractivity contribution >= 4 is 11.8 Å². The van der Waals surface area contributed by atoms with Gasteiger partial charge >= 0.3 is 5.97 Å². The summed E-state index contributed by atoms with van der Waals surface area (Å²) in [5.41, 5.74) is 0. The monoisotopic (exact) mass is 168 g/mol. The molecule has 3 atom stereocenters. The Kier molecular flexibility index (Phi) is 1.67. The van der Waals surface area contributed by atoms with Gasteiger partial charge < -0.3 is 4.74 Å². The molecule has 0 heterocycles. The van der Waals surface area contributed by atoms with Crippen molar-refractivity contribution in [1.29, 1.82) is 0 Å². The Labute approximate surface area is 71.1 Å². The predicted octanol–water partition coefficient (Wildman–Crippen LogP) is 0.917. The van der Waals surface area contributed by atoms with Crippen LogP contribution in [0, 0.1) is 11.8 Å². The van der Waals surface area contributed by atoms with E-state index in [2.05, 4.69) is 0 Å². The molecule has 66 valence electrons. The largest absolute Gasteiger partial charge is 0.462 e. The molecule has 0 aliphatic heterocycles. The van der Waals surface area contributed by atoms with Gasteiger partial charge in [-0.15, -0.1) is 0 Å². The smallest absolute Gasteiger partial charge is 0.302 e. The molecule has 0 bridgehead atoms. The first-order chi connectivity index (χ1) is 5.68. The number of hydrogen-bond acceptors (Lipinski definition) is 3. The summed E-state index contributed by atoms with van der Waals surface area (Å²) in [6.07, 6.45) is 2.41. The van der Waals surface area contributed by atoms with Crippen molar-refractivity contribution in [1.82, 2.24) is 0 Å². The fourth-order valence-electron chi connectivity index (χ4n) is 2.26. The third kappa shape index (κ3) is 1.04. The van der Waals surface area contributed by atoms with Crippen LogP contribution >= 0.6 is 0 Å². The van der Waals surface area contributed by atoms with Crippen LogP contribution in [0.4, 0.5) is 0 Å². The number of rotatable bonds is 1. The van der Waals surface area contributed by atoms with Crippen molar-refractivity contribution in [3.05, 3.63) is 0 Å². The molecule has 0 saturated heterocycles. The molecular formula is C9H12O3. The van der Waals surface area contributed by atoms with E-state index in [0.29, 0.717) is 18.1 Å². The third-order valence-electron chi connectivity index (χ3n) is 2.94. The molecule has 0 N–H and O–H groups in total. The van der Waals surface area contributed by atoms with E-state index in [9.17, 15) is 9.59 Å². The molecule has 12 heavy (non-hydrogen) atoms. The van der Waals surface area contributed by atoms with E-state index in [1.807, 2.05) is 0 Å². The second-order valence-electron chi connectivity index (χ2n) is 3.66. The highest BCUT2D eigenvalue weighted by atomic mass is 16.5. The molecule has 2 aliphatic rings. The zero-order valence-corrected chi connectivity index (χ0v) is 7.08. The van der Waals surface area contributed by atoms with Crippen molar-refractivity contribution in [3.63, 3.8) is 0 Å². The van der Waals surface area contributed by atoms with Gasteiger partial charge in [-0.1, -0.05) is 0 Å². The molecule has 0 spiro atoms. The molecule has 2 fully saturated rings. The maximum atomic E-state index is 11.1. The summed E-state index contributed by atoms with van der Waals surface area (Å²) in [6.45, 7) is 1.42. The molecule has 3 heteroatoms. The molecule has 3 unspecified atom stereocenters. The highest BCUT2D eigenvalue weighted by molar-refractivity contribution is 5.85. The highest BCUT2D eigenvalue weighted by Gasteiger charge is 2.50. The minimum absolute atomic E-state index is 0.0407. The topological polar surface area (TPSA) is 43.4 Å². The van der Waals surface area contributed by atoms with Crippen molar-refractivity contribution < 1.29 is 14.3 Å². The third-order valence-corrected chi connectivity index (χ3v) is 2.94. The van der Waals surface area contributed by atoms with Gasteiger partial charge in [0.25, 0.3) is 0 Å². The van der Waals surface area contributed by atoms with Crippen molar-refractivity contribution in [2.24, 2.45) is 11.8 Å². The normalized spacial score (nSPS) is 38.8. The van der Waals surface area contributed by atoms with Gasteiger partial charge in [0.05, 0.1) is 0 Å². The number of esters is 1. The lowest BCUT2D eigenvalue weighted by molar-refractivity contribution is -0.161. The Balaban J connectivity index is 1.92. The highest BCUT2D eigenvalue weighted by Crippen LogP contribution is 2.46. The first-order valence-electron chi connectivity index (χ1n) is 4.38. The van der Waals surface area contributed by atoms with Crippen molar-refractivity contribution in [2.45, 2.75) is 32.3 Å². The van der Waals surface area contributed by atoms with Gasteiger partial charge in [0, 0.05) is 25.2 Å². The minimum atomic E-state index is -0.224. The summed E-state index contributed by atoms with van der Waals surface area (Å²) in [7, 11) is 0. The lowest BCUT2D eigenvalue weighted by Gasteiger charge is -2.38. The summed E-state index contributed by atoms with van der Waals surface area (Å²) >= 11 is 0. The Morgan fingerprint density at radius 2 is 2.33 bits per heavy atom. The minimum Gasteiger partial charge on any atom is -0.462 e. The molecule has 0 aromatic rings. The summed E-state index contributed by atoms with van der Waals surface area (Å²) in [4.78, 5) is 21.7. The molecule has 0 amide bonds. The van der Waals surface area contributed by atoms with Crippen LogP contribution in [0.3, 0.4) is 0 Å². The van der Waals surface area contributed by atoms with Gasteiger partial charge in [-0.05, 0) is 12.8 Å². The molecule has 2 rings (SSSR count). The van der Waals surface area contributed by atoms with Gasteiger partial charge in [-0.3, -0.25) is 9.59 Å². The average molecular weight is 168 g/mol. The van der Waals surface area contributed by atoms with E-state index >= 15 is 0 Å². The van der Waals surface area contributed by atoms with E-state index in [-0.39, 0.29) is 18.0 Å². The molecule has 0 aromatic carbocycles. The Morgan fingerprint density at radius 3 is 2.92 bits per heavy atom. The average Bonchev–Trinajstić information content (AvgIpc) is 2.22. The summed E-state index contributed by atoms with van der Waals surface area (Å²) in [6, 6.07) is 0. The van der Waals surface area contributed by atoms with Gasteiger partial charge in [0.1, 0.15) is 11.9 Å². The standard InChI is InChI=1S/C9H12O3/c1-5(10)12-9-4-7-6(9)2-3-8(7)11/h6-7,9H,2-4H2,1H3. The van der Waals surface area contributed by atoms with Crippen LogP contribution in [0.2, 0.25) is 0 Å². The fourth-order valence-corrected chi connectivity index (χ4v) is 2.26. The lowest BCUT2D eigenvalue weighted by Crippen LogP contribution is -2.43. The van der Waals surface area contributed by atoms with Gasteiger partial charge in [-0.25, -0.2) is 0 Å². The van der Waals surface area contributed by atoms with Crippen molar-refractivity contribution in [3.8, 4) is 0 Å². The maximum Gasteiger partial charge on any atom is 0.302 e. The van der Waals surface area contributed by atoms with Crippen LogP contribution < -0.4 is 0 Å². The zero-order valence-electron chi connectivity index (χ0n) is 7.08. The summed E-state index contributed by atoms with van der Waals surface area (Å²) in [5.74, 6) is 0.706. The number of ketones is 1. The number of Topliss-reactive ketones (excluding diaryl/α,β-unsaturated/α-hetero) is 1. The van der Waals surface area contributed by atoms with E-state index in [0.717, 1.165) is 12.8 Å². The van der Waals surface area contributed by atoms with E-state index in [1.165, 1.54) is 6.92 Å². The summed E-state index contributed by atoms with van der Waals surface area (Å²) < 4.78 is 5.06. The maximum absolute atomic E-state index is 11.1. The van der Waals surface area contributed by atoms with Crippen LogP contribution in [0.15, 0.2) is 0 Å². The number of hydrogen-bond donors (Lipinski definition) is 0. The Bertz CT molecular complexity index is 234. The Hall–Kier alpha value is -0.860. The molecule has 0 radical (unpaired) electrons. The Morgan fingerprint density at radius 1 is 1.58 bits per heavy atom. The molecule has 0 aromatic heterocycles. The van der Waals surface area contributed by atoms with E-state index < -0.39 is 0 Å². The number of carbonyl (C=O) groups is 2. The molecule has 2 saturated carbocycles. The second-order valence-corrected chi connectivity index (χ2v) is 3.66. The number of ether oxygens (including phenoxy) is 1. The van der Waals surface area contributed by atoms with Gasteiger partial charge in [-0.2, -0.15) is 0 Å². The van der Waals surface area contributed by atoms with Crippen LogP contribution in [0.5, 0.6) is 0 Å². The van der Waals surface area contributed by atoms with Gasteiger partial charge in [0.2, 0.25) is 0 Å². The van der Waals surface area contributed by atoms with Crippen molar-refractivity contribution in [2.75, 3.05) is 0 Å². The zero-order chi connectivity index (χ0) is 8.72. The molecule has 3 nitrogen and oxygen atoms in total. The van der Waals surface area contributed by atoms with Crippen LogP contribution in [-0.4, -0.2) is 17.9 Å². The van der Waals surface area contributed by atoms with Crippen LogP contribution in [0.25, 0.3) is 0 Å².